The Kier molecular flexibility index (Phi) is 16.6. The number of aliphatic hydroxyl groups is 4. The number of carbonyl (C=O) groups excluding carboxylic acids is 1. The predicted molar refractivity (Wildman–Crippen MR) is 172 cm³/mol. The van der Waals surface area contributed by atoms with Gasteiger partial charge in [-0.25, -0.2) is 13.9 Å². The number of benzene rings is 1. The van der Waals surface area contributed by atoms with E-state index in [0.717, 1.165) is 0 Å². The maximum atomic E-state index is 13.9. The molecule has 1 amide bonds. The van der Waals surface area contributed by atoms with Crippen LogP contribution in [0.4, 0.5) is 4.39 Å². The van der Waals surface area contributed by atoms with Gasteiger partial charge in [0.25, 0.3) is 0 Å². The Bertz CT molecular complexity index is 1390. The fourth-order valence-electron chi connectivity index (χ4n) is 5.65. The molecule has 6 N–H and O–H groups in total. The summed E-state index contributed by atoms with van der Waals surface area (Å²) in [4.78, 5) is 24.4. The lowest BCUT2D eigenvalue weighted by atomic mass is 9.93. The highest BCUT2D eigenvalue weighted by atomic mass is 19.1. The van der Waals surface area contributed by atoms with Gasteiger partial charge >= 0.3 is 5.97 Å². The van der Waals surface area contributed by atoms with Crippen LogP contribution in [0, 0.1) is 5.82 Å². The largest absolute Gasteiger partial charge is 0.479 e. The summed E-state index contributed by atoms with van der Waals surface area (Å²) in [6.45, 7) is 1.84. The van der Waals surface area contributed by atoms with Crippen molar-refractivity contribution in [3.8, 4) is 11.3 Å². The summed E-state index contributed by atoms with van der Waals surface area (Å²) in [6, 6.07) is 6.33. The Balaban J connectivity index is 1.08. The highest BCUT2D eigenvalue weighted by Gasteiger charge is 2.50. The first kappa shape index (κ1) is 41.5. The van der Waals surface area contributed by atoms with Gasteiger partial charge in [0.15, 0.2) is 12.4 Å². The molecular formula is C32H47FN4O15. The number of rotatable bonds is 21. The lowest BCUT2D eigenvalue weighted by Gasteiger charge is -2.44. The van der Waals surface area contributed by atoms with E-state index in [4.69, 9.17) is 37.9 Å². The first-order chi connectivity index (χ1) is 25.0. The molecule has 2 aliphatic rings. The Hall–Kier alpha value is -3.25. The second-order valence-corrected chi connectivity index (χ2v) is 11.9. The topological polar surface area (TPSA) is 252 Å². The number of ether oxygens (including phenoxy) is 8. The summed E-state index contributed by atoms with van der Waals surface area (Å²) < 4.78 is 58.7. The van der Waals surface area contributed by atoms with Crippen LogP contribution in [-0.2, 0) is 54.0 Å². The van der Waals surface area contributed by atoms with Gasteiger partial charge in [-0.3, -0.25) is 4.79 Å². The van der Waals surface area contributed by atoms with Crippen molar-refractivity contribution in [3.05, 3.63) is 36.3 Å². The van der Waals surface area contributed by atoms with E-state index in [1.807, 2.05) is 0 Å². The van der Waals surface area contributed by atoms with E-state index in [1.54, 1.807) is 29.1 Å². The maximum absolute atomic E-state index is 13.9. The van der Waals surface area contributed by atoms with Gasteiger partial charge in [0.1, 0.15) is 54.2 Å². The van der Waals surface area contributed by atoms with Crippen molar-refractivity contribution in [2.75, 3.05) is 67.0 Å². The van der Waals surface area contributed by atoms with Crippen molar-refractivity contribution >= 4 is 11.9 Å². The number of carboxylic acid groups (broad SMARTS) is 1. The average Bonchev–Trinajstić information content (AvgIpc) is 3.60. The molecule has 2 saturated heterocycles. The molecule has 0 bridgehead atoms. The molecule has 20 heteroatoms. The zero-order valence-electron chi connectivity index (χ0n) is 28.8. The van der Waals surface area contributed by atoms with E-state index in [2.05, 4.69) is 15.6 Å². The number of aromatic nitrogens is 3. The van der Waals surface area contributed by atoms with Gasteiger partial charge in [-0.2, -0.15) is 0 Å². The van der Waals surface area contributed by atoms with Gasteiger partial charge in [0.2, 0.25) is 5.91 Å². The third kappa shape index (κ3) is 11.4. The van der Waals surface area contributed by atoms with Crippen molar-refractivity contribution in [2.45, 2.75) is 74.2 Å². The number of carboxylic acids is 1. The number of nitrogens with one attached hydrogen (secondary N) is 1. The summed E-state index contributed by atoms with van der Waals surface area (Å²) >= 11 is 0. The van der Waals surface area contributed by atoms with Crippen LogP contribution in [0.25, 0.3) is 11.3 Å². The molecule has 0 aliphatic carbocycles. The zero-order chi connectivity index (χ0) is 37.6. The second-order valence-electron chi connectivity index (χ2n) is 11.9. The molecule has 1 aromatic heterocycles. The molecule has 0 radical (unpaired) electrons. The molecule has 1 aromatic carbocycles. The maximum Gasteiger partial charge on any atom is 0.335 e. The first-order valence-electron chi connectivity index (χ1n) is 16.6. The third-order valence-corrected chi connectivity index (χ3v) is 8.38. The lowest BCUT2D eigenvalue weighted by molar-refractivity contribution is -0.302. The fraction of sp³-hybridized carbons (Fsp3) is 0.688. The van der Waals surface area contributed by atoms with Crippen molar-refractivity contribution in [1.29, 1.82) is 0 Å². The highest BCUT2D eigenvalue weighted by molar-refractivity contribution is 5.76. The summed E-state index contributed by atoms with van der Waals surface area (Å²) in [7, 11) is 2.44. The number of amides is 1. The molecule has 10 unspecified atom stereocenters. The molecule has 0 spiro atoms. The Morgan fingerprint density at radius 3 is 2.21 bits per heavy atom. The number of aliphatic hydroxyl groups excluding tert-OH is 4. The monoisotopic (exact) mass is 746 g/mol. The van der Waals surface area contributed by atoms with Crippen LogP contribution in [-0.4, -0.2) is 181 Å². The number of nitrogens with zero attached hydrogens (tertiary/aromatic N) is 3. The number of hydrogen-bond acceptors (Lipinski definition) is 16. The van der Waals surface area contributed by atoms with E-state index in [0.29, 0.717) is 44.2 Å². The van der Waals surface area contributed by atoms with Crippen LogP contribution in [0.1, 0.15) is 6.42 Å². The standard InChI is InChI=1S/C32H47FN4O15/c1-45-28-21(51-22(24(39)25(28)40)17-50-29-26(41)27(42)32(46-2)52-30(29)31(43)44)15-23(38)34-7-9-47-11-13-49-14-12-48-10-8-37-16-20(35-36-37)18-5-3-4-6-19(18)33/h3-6,16,21-22,24-30,32,39-42H,7-15,17H2,1-2H3,(H,34,38)(H,43,44). The lowest BCUT2D eigenvalue weighted by Crippen LogP contribution is -2.63. The summed E-state index contributed by atoms with van der Waals surface area (Å²) in [5.74, 6) is -2.32. The van der Waals surface area contributed by atoms with Crippen molar-refractivity contribution in [2.24, 2.45) is 0 Å². The SMILES string of the molecule is COC1OC(C(=O)O)C(OCC2OC(CC(=O)NCCOCCOCCOCCn3cc(-c4ccccc4F)nn3)C(OC)C(O)C2O)C(O)C1O. The van der Waals surface area contributed by atoms with Crippen molar-refractivity contribution < 1.29 is 77.4 Å². The minimum atomic E-state index is -1.73. The van der Waals surface area contributed by atoms with E-state index in [1.165, 1.54) is 20.3 Å². The molecule has 2 fully saturated rings. The van der Waals surface area contributed by atoms with E-state index in [9.17, 15) is 39.5 Å². The number of halogens is 1. The molecule has 2 aromatic rings. The number of methoxy groups -OCH3 is 2. The molecular weight excluding hydrogens is 699 g/mol. The minimum absolute atomic E-state index is 0.159. The molecule has 4 rings (SSSR count). The van der Waals surface area contributed by atoms with Crippen LogP contribution in [0.5, 0.6) is 0 Å². The van der Waals surface area contributed by atoms with E-state index < -0.39 is 79.7 Å². The average molecular weight is 747 g/mol. The van der Waals surface area contributed by atoms with Crippen LogP contribution in [0.3, 0.4) is 0 Å². The zero-order valence-corrected chi connectivity index (χ0v) is 28.8. The van der Waals surface area contributed by atoms with Gasteiger partial charge in [0, 0.05) is 26.3 Å². The summed E-state index contributed by atoms with van der Waals surface area (Å²) in [5, 5.41) is 62.2. The number of carbonyl (C=O) groups is 2. The smallest absolute Gasteiger partial charge is 0.335 e. The van der Waals surface area contributed by atoms with Crippen molar-refractivity contribution in [1.82, 2.24) is 20.3 Å². The third-order valence-electron chi connectivity index (χ3n) is 8.38. The summed E-state index contributed by atoms with van der Waals surface area (Å²) in [5.41, 5.74) is 0.814. The predicted octanol–water partition coefficient (Wildman–Crippen LogP) is -2.29. The number of aliphatic carboxylic acids is 1. The normalized spacial score (nSPS) is 29.2. The quantitative estimate of drug-likeness (QED) is 0.0735. The Morgan fingerprint density at radius 1 is 0.865 bits per heavy atom. The van der Waals surface area contributed by atoms with E-state index >= 15 is 0 Å². The second kappa shape index (κ2) is 20.8. The molecule has 3 heterocycles. The molecule has 292 valence electrons. The van der Waals surface area contributed by atoms with E-state index in [-0.39, 0.29) is 32.0 Å². The van der Waals surface area contributed by atoms with Crippen LogP contribution in [0.2, 0.25) is 0 Å². The van der Waals surface area contributed by atoms with Crippen molar-refractivity contribution in [3.63, 3.8) is 0 Å². The van der Waals surface area contributed by atoms with Gasteiger partial charge in [-0.1, -0.05) is 17.3 Å². The molecule has 52 heavy (non-hydrogen) atoms. The highest BCUT2D eigenvalue weighted by Crippen LogP contribution is 2.29. The molecule has 10 atom stereocenters. The van der Waals surface area contributed by atoms with Gasteiger partial charge in [0.05, 0.1) is 71.5 Å². The molecule has 19 nitrogen and oxygen atoms in total. The van der Waals surface area contributed by atoms with Crippen LogP contribution < -0.4 is 5.32 Å². The molecule has 0 saturated carbocycles. The van der Waals surface area contributed by atoms with Gasteiger partial charge in [-0.15, -0.1) is 5.10 Å². The van der Waals surface area contributed by atoms with Gasteiger partial charge in [-0.05, 0) is 12.1 Å². The summed E-state index contributed by atoms with van der Waals surface area (Å²) in [6.07, 6.45) is -13.1. The molecule has 2 aliphatic heterocycles. The van der Waals surface area contributed by atoms with Gasteiger partial charge < -0.3 is 68.7 Å². The Labute approximate surface area is 298 Å². The first-order valence-corrected chi connectivity index (χ1v) is 16.6. The van der Waals surface area contributed by atoms with Crippen LogP contribution in [0.15, 0.2) is 30.5 Å². The number of hydrogen-bond donors (Lipinski definition) is 6. The minimum Gasteiger partial charge on any atom is -0.479 e. The van der Waals surface area contributed by atoms with Crippen LogP contribution >= 0.6 is 0 Å². The Morgan fingerprint density at radius 2 is 1.54 bits per heavy atom. The fourth-order valence-corrected chi connectivity index (χ4v) is 5.65.